The van der Waals surface area contributed by atoms with Gasteiger partial charge in [0.25, 0.3) is 11.5 Å². The topological polar surface area (TPSA) is 106 Å². The SMILES string of the molecule is Cc1ccc(-c2ncc(C(=O)NC(CC(C)C)c3ncnn3C)c(=O)[nH]2)cc1. The molecule has 3 aromatic rings. The molecule has 2 heterocycles. The fourth-order valence-corrected chi connectivity index (χ4v) is 2.97. The lowest BCUT2D eigenvalue weighted by Crippen LogP contribution is -2.35. The van der Waals surface area contributed by atoms with Crippen LogP contribution >= 0.6 is 0 Å². The van der Waals surface area contributed by atoms with Crippen LogP contribution in [0.1, 0.15) is 48.1 Å². The molecule has 0 saturated carbocycles. The Morgan fingerprint density at radius 2 is 1.93 bits per heavy atom. The number of nitrogens with zero attached hydrogens (tertiary/aromatic N) is 4. The van der Waals surface area contributed by atoms with Crippen molar-refractivity contribution in [2.45, 2.75) is 33.2 Å². The Morgan fingerprint density at radius 3 is 2.50 bits per heavy atom. The van der Waals surface area contributed by atoms with Crippen molar-refractivity contribution in [3.8, 4) is 11.4 Å². The summed E-state index contributed by atoms with van der Waals surface area (Å²) in [6.45, 7) is 6.10. The first kappa shape index (κ1) is 19.5. The smallest absolute Gasteiger partial charge is 0.264 e. The second-order valence-corrected chi connectivity index (χ2v) is 7.24. The first-order valence-corrected chi connectivity index (χ1v) is 9.16. The molecule has 0 fully saturated rings. The predicted octanol–water partition coefficient (Wildman–Crippen LogP) is 2.39. The second-order valence-electron chi connectivity index (χ2n) is 7.24. The summed E-state index contributed by atoms with van der Waals surface area (Å²) in [4.78, 5) is 36.4. The van der Waals surface area contributed by atoms with E-state index < -0.39 is 11.5 Å². The normalized spacial score (nSPS) is 12.2. The molecule has 1 unspecified atom stereocenters. The van der Waals surface area contributed by atoms with Crippen molar-refractivity contribution < 1.29 is 4.79 Å². The number of rotatable bonds is 6. The van der Waals surface area contributed by atoms with Crippen LogP contribution in [0.3, 0.4) is 0 Å². The second kappa shape index (κ2) is 8.16. The minimum atomic E-state index is -0.488. The molecule has 0 bridgehead atoms. The van der Waals surface area contributed by atoms with Crippen LogP contribution < -0.4 is 10.9 Å². The molecule has 8 heteroatoms. The van der Waals surface area contributed by atoms with E-state index in [9.17, 15) is 9.59 Å². The molecule has 0 aliphatic heterocycles. The largest absolute Gasteiger partial charge is 0.342 e. The van der Waals surface area contributed by atoms with Gasteiger partial charge in [-0.25, -0.2) is 9.97 Å². The minimum absolute atomic E-state index is 0.0354. The molecule has 28 heavy (non-hydrogen) atoms. The van der Waals surface area contributed by atoms with Crippen LogP contribution in [-0.4, -0.2) is 30.6 Å². The van der Waals surface area contributed by atoms with Crippen molar-refractivity contribution in [1.82, 2.24) is 30.0 Å². The van der Waals surface area contributed by atoms with Gasteiger partial charge in [-0.15, -0.1) is 0 Å². The standard InChI is InChI=1S/C20H24N6O2/c1-12(2)9-16(18-22-11-23-26(18)4)24-19(27)15-10-21-17(25-20(15)28)14-7-5-13(3)6-8-14/h5-8,10-12,16H,9H2,1-4H3,(H,24,27)(H,21,25,28). The highest BCUT2D eigenvalue weighted by molar-refractivity contribution is 5.93. The molecule has 0 aliphatic rings. The zero-order valence-electron chi connectivity index (χ0n) is 16.4. The Balaban J connectivity index is 1.84. The van der Waals surface area contributed by atoms with Gasteiger partial charge >= 0.3 is 0 Å². The molecule has 0 radical (unpaired) electrons. The average Bonchev–Trinajstić information content (AvgIpc) is 3.07. The van der Waals surface area contributed by atoms with E-state index in [2.05, 4.69) is 39.2 Å². The van der Waals surface area contributed by atoms with Crippen molar-refractivity contribution in [2.75, 3.05) is 0 Å². The molecule has 8 nitrogen and oxygen atoms in total. The number of amides is 1. The van der Waals surface area contributed by atoms with E-state index in [1.165, 1.54) is 12.5 Å². The Kier molecular flexibility index (Phi) is 5.67. The molecular weight excluding hydrogens is 356 g/mol. The third-order valence-electron chi connectivity index (χ3n) is 4.44. The van der Waals surface area contributed by atoms with Gasteiger partial charge in [0.2, 0.25) is 0 Å². The van der Waals surface area contributed by atoms with Gasteiger partial charge in [0.1, 0.15) is 23.5 Å². The number of H-pyrrole nitrogens is 1. The number of carbonyl (C=O) groups excluding carboxylic acids is 1. The summed E-state index contributed by atoms with van der Waals surface area (Å²) < 4.78 is 1.62. The zero-order chi connectivity index (χ0) is 20.3. The van der Waals surface area contributed by atoms with E-state index in [0.717, 1.165) is 11.1 Å². The van der Waals surface area contributed by atoms with E-state index in [1.807, 2.05) is 31.2 Å². The number of aromatic amines is 1. The molecule has 146 valence electrons. The van der Waals surface area contributed by atoms with Gasteiger partial charge in [-0.2, -0.15) is 5.10 Å². The van der Waals surface area contributed by atoms with Crippen LogP contribution in [0.4, 0.5) is 0 Å². The zero-order valence-corrected chi connectivity index (χ0v) is 16.4. The molecular formula is C20H24N6O2. The lowest BCUT2D eigenvalue weighted by molar-refractivity contribution is 0.0927. The van der Waals surface area contributed by atoms with Crippen molar-refractivity contribution >= 4 is 5.91 Å². The van der Waals surface area contributed by atoms with Crippen molar-refractivity contribution in [3.63, 3.8) is 0 Å². The van der Waals surface area contributed by atoms with Crippen molar-refractivity contribution in [2.24, 2.45) is 13.0 Å². The molecule has 1 aromatic carbocycles. The van der Waals surface area contributed by atoms with Gasteiger partial charge in [0.05, 0.1) is 6.04 Å². The summed E-state index contributed by atoms with van der Waals surface area (Å²) in [5, 5.41) is 6.96. The quantitative estimate of drug-likeness (QED) is 0.683. The van der Waals surface area contributed by atoms with Gasteiger partial charge in [-0.1, -0.05) is 43.7 Å². The fraction of sp³-hybridized carbons (Fsp3) is 0.350. The fourth-order valence-electron chi connectivity index (χ4n) is 2.97. The van der Waals surface area contributed by atoms with E-state index in [0.29, 0.717) is 24.0 Å². The summed E-state index contributed by atoms with van der Waals surface area (Å²) in [7, 11) is 1.77. The number of hydrogen-bond donors (Lipinski definition) is 2. The lowest BCUT2D eigenvalue weighted by atomic mass is 10.0. The maximum atomic E-state index is 12.7. The van der Waals surface area contributed by atoms with Crippen LogP contribution in [0.25, 0.3) is 11.4 Å². The number of nitrogens with one attached hydrogen (secondary N) is 2. The highest BCUT2D eigenvalue weighted by Crippen LogP contribution is 2.19. The van der Waals surface area contributed by atoms with Crippen LogP contribution in [0.5, 0.6) is 0 Å². The average molecular weight is 380 g/mol. The van der Waals surface area contributed by atoms with Crippen molar-refractivity contribution in [3.05, 3.63) is 64.1 Å². The Hall–Kier alpha value is -3.29. The highest BCUT2D eigenvalue weighted by Gasteiger charge is 2.23. The van der Waals surface area contributed by atoms with E-state index in [1.54, 1.807) is 11.7 Å². The van der Waals surface area contributed by atoms with Crippen LogP contribution in [-0.2, 0) is 7.05 Å². The maximum absolute atomic E-state index is 12.7. The number of hydrogen-bond acceptors (Lipinski definition) is 5. The lowest BCUT2D eigenvalue weighted by Gasteiger charge is -2.19. The van der Waals surface area contributed by atoms with E-state index >= 15 is 0 Å². The third-order valence-corrected chi connectivity index (χ3v) is 4.44. The van der Waals surface area contributed by atoms with Crippen LogP contribution in [0.15, 0.2) is 41.6 Å². The molecule has 3 rings (SSSR count). The predicted molar refractivity (Wildman–Crippen MR) is 106 cm³/mol. The van der Waals surface area contributed by atoms with Crippen LogP contribution in [0, 0.1) is 12.8 Å². The molecule has 2 aromatic heterocycles. The van der Waals surface area contributed by atoms with Gasteiger partial charge in [0, 0.05) is 18.8 Å². The van der Waals surface area contributed by atoms with Gasteiger partial charge in [-0.3, -0.25) is 14.3 Å². The Bertz CT molecular complexity index is 1020. The highest BCUT2D eigenvalue weighted by atomic mass is 16.2. The van der Waals surface area contributed by atoms with E-state index in [4.69, 9.17) is 0 Å². The first-order chi connectivity index (χ1) is 13.3. The summed E-state index contributed by atoms with van der Waals surface area (Å²) in [6.07, 6.45) is 3.43. The van der Waals surface area contributed by atoms with Crippen molar-refractivity contribution in [1.29, 1.82) is 0 Å². The number of aryl methyl sites for hydroxylation is 2. The number of benzene rings is 1. The summed E-state index contributed by atoms with van der Waals surface area (Å²) in [6, 6.07) is 7.28. The first-order valence-electron chi connectivity index (χ1n) is 9.16. The van der Waals surface area contributed by atoms with E-state index in [-0.39, 0.29) is 11.6 Å². The summed E-state index contributed by atoms with van der Waals surface area (Å²) in [5.41, 5.74) is 1.38. The van der Waals surface area contributed by atoms with Gasteiger partial charge < -0.3 is 10.3 Å². The molecule has 0 aliphatic carbocycles. The van der Waals surface area contributed by atoms with Gasteiger partial charge in [0.15, 0.2) is 0 Å². The molecule has 1 amide bonds. The number of aromatic nitrogens is 5. The maximum Gasteiger partial charge on any atom is 0.264 e. The summed E-state index contributed by atoms with van der Waals surface area (Å²) >= 11 is 0. The van der Waals surface area contributed by atoms with Crippen LogP contribution in [0.2, 0.25) is 0 Å². The molecule has 1 atom stereocenters. The third kappa shape index (κ3) is 4.33. The Morgan fingerprint density at radius 1 is 1.21 bits per heavy atom. The number of carbonyl (C=O) groups is 1. The van der Waals surface area contributed by atoms with Gasteiger partial charge in [-0.05, 0) is 19.3 Å². The monoisotopic (exact) mass is 380 g/mol. The summed E-state index contributed by atoms with van der Waals surface area (Å²) in [5.74, 6) is 0.900. The molecule has 0 saturated heterocycles. The molecule has 0 spiro atoms. The minimum Gasteiger partial charge on any atom is -0.342 e. The molecule has 2 N–H and O–H groups in total. The Labute approximate surface area is 163 Å².